The molecule has 0 fully saturated rings. The highest BCUT2D eigenvalue weighted by molar-refractivity contribution is 7.92. The monoisotopic (exact) mass is 569 g/mol. The Morgan fingerprint density at radius 3 is 2.27 bits per heavy atom. The van der Waals surface area contributed by atoms with Crippen molar-refractivity contribution in [3.8, 4) is 5.75 Å². The molecule has 0 saturated heterocycles. The molecule has 0 heterocycles. The number of carbonyl (C=O) groups is 2. The molecule has 0 aliphatic carbocycles. The van der Waals surface area contributed by atoms with E-state index in [1.807, 2.05) is 19.9 Å². The number of hydrogen-bond donors (Lipinski definition) is 1. The Balaban J connectivity index is 2.05. The normalized spacial score (nSPS) is 11.9. The fourth-order valence-electron chi connectivity index (χ4n) is 4.23. The Bertz CT molecular complexity index is 1400. The molecule has 0 aromatic heterocycles. The molecule has 40 heavy (non-hydrogen) atoms. The maximum Gasteiger partial charge on any atom is 0.264 e. The molecular weight excluding hydrogens is 533 g/mol. The summed E-state index contributed by atoms with van der Waals surface area (Å²) in [6.07, 6.45) is 1.05. The van der Waals surface area contributed by atoms with E-state index in [0.717, 1.165) is 46.1 Å². The first-order chi connectivity index (χ1) is 19.1. The zero-order chi connectivity index (χ0) is 29.3. The molecule has 0 aliphatic rings. The lowest BCUT2D eigenvalue weighted by Crippen LogP contribution is -2.52. The Kier molecular flexibility index (Phi) is 10.7. The molecule has 10 heteroatoms. The minimum absolute atomic E-state index is 0.0619. The van der Waals surface area contributed by atoms with Gasteiger partial charge in [0.25, 0.3) is 10.0 Å². The third-order valence-corrected chi connectivity index (χ3v) is 8.21. The van der Waals surface area contributed by atoms with Gasteiger partial charge in [-0.25, -0.2) is 12.8 Å². The standard InChI is InChI=1S/C30H36FN3O5S/c1-5-18-32-30(36)28(6-2)33(20-23-8-7-9-26(19-23)39-4)29(35)21-34(25-14-10-22(3)11-15-25)40(37,38)27-16-12-24(31)13-17-27/h7-17,19,28H,5-6,18,20-21H2,1-4H3,(H,32,36)/t28-/m1/s1. The third kappa shape index (κ3) is 7.59. The first-order valence-electron chi connectivity index (χ1n) is 13.2. The number of nitrogens with one attached hydrogen (secondary N) is 1. The van der Waals surface area contributed by atoms with E-state index in [2.05, 4.69) is 5.32 Å². The van der Waals surface area contributed by atoms with Gasteiger partial charge >= 0.3 is 0 Å². The predicted molar refractivity (Wildman–Crippen MR) is 153 cm³/mol. The van der Waals surface area contributed by atoms with E-state index in [0.29, 0.717) is 18.7 Å². The van der Waals surface area contributed by atoms with Gasteiger partial charge in [-0.3, -0.25) is 13.9 Å². The van der Waals surface area contributed by atoms with Crippen molar-refractivity contribution in [3.63, 3.8) is 0 Å². The van der Waals surface area contributed by atoms with Crippen LogP contribution in [0.3, 0.4) is 0 Å². The van der Waals surface area contributed by atoms with E-state index in [-0.39, 0.29) is 23.0 Å². The van der Waals surface area contributed by atoms with E-state index in [1.54, 1.807) is 49.4 Å². The van der Waals surface area contributed by atoms with Crippen molar-refractivity contribution in [2.24, 2.45) is 0 Å². The average molecular weight is 570 g/mol. The van der Waals surface area contributed by atoms with Crippen LogP contribution in [0.15, 0.2) is 77.7 Å². The van der Waals surface area contributed by atoms with Crippen molar-refractivity contribution in [2.75, 3.05) is 24.5 Å². The number of halogens is 1. The van der Waals surface area contributed by atoms with Gasteiger partial charge in [-0.15, -0.1) is 0 Å². The van der Waals surface area contributed by atoms with Gasteiger partial charge in [0.2, 0.25) is 11.8 Å². The quantitative estimate of drug-likeness (QED) is 0.323. The van der Waals surface area contributed by atoms with Gasteiger partial charge < -0.3 is 15.0 Å². The van der Waals surface area contributed by atoms with Crippen LogP contribution in [-0.4, -0.2) is 51.4 Å². The number of sulfonamides is 1. The van der Waals surface area contributed by atoms with E-state index >= 15 is 0 Å². The molecule has 1 atom stereocenters. The van der Waals surface area contributed by atoms with E-state index in [1.165, 1.54) is 12.0 Å². The Morgan fingerprint density at radius 1 is 1.00 bits per heavy atom. The number of methoxy groups -OCH3 is 1. The average Bonchev–Trinajstić information content (AvgIpc) is 2.95. The fraction of sp³-hybridized carbons (Fsp3) is 0.333. The van der Waals surface area contributed by atoms with Crippen LogP contribution in [0.5, 0.6) is 5.75 Å². The smallest absolute Gasteiger partial charge is 0.264 e. The van der Waals surface area contributed by atoms with Gasteiger partial charge in [0, 0.05) is 13.1 Å². The van der Waals surface area contributed by atoms with Crippen LogP contribution in [0, 0.1) is 12.7 Å². The number of ether oxygens (including phenoxy) is 1. The Labute approximate surface area is 235 Å². The second-order valence-corrected chi connectivity index (χ2v) is 11.3. The lowest BCUT2D eigenvalue weighted by atomic mass is 10.1. The van der Waals surface area contributed by atoms with Gasteiger partial charge in [-0.2, -0.15) is 0 Å². The molecule has 0 bridgehead atoms. The highest BCUT2D eigenvalue weighted by Crippen LogP contribution is 2.26. The number of benzene rings is 3. The van der Waals surface area contributed by atoms with Crippen LogP contribution < -0.4 is 14.4 Å². The second-order valence-electron chi connectivity index (χ2n) is 9.39. The highest BCUT2D eigenvalue weighted by Gasteiger charge is 2.33. The molecule has 3 aromatic carbocycles. The molecule has 0 aliphatic heterocycles. The molecule has 3 aromatic rings. The fourth-order valence-corrected chi connectivity index (χ4v) is 5.64. The van der Waals surface area contributed by atoms with Crippen molar-refractivity contribution in [2.45, 2.75) is 51.1 Å². The van der Waals surface area contributed by atoms with Gasteiger partial charge in [-0.1, -0.05) is 43.7 Å². The number of anilines is 1. The molecule has 0 spiro atoms. The third-order valence-electron chi connectivity index (χ3n) is 6.42. The van der Waals surface area contributed by atoms with Gasteiger partial charge in [0.05, 0.1) is 17.7 Å². The summed E-state index contributed by atoms with van der Waals surface area (Å²) in [6.45, 7) is 5.54. The van der Waals surface area contributed by atoms with Crippen LogP contribution in [0.1, 0.15) is 37.8 Å². The van der Waals surface area contributed by atoms with Crippen LogP contribution in [0.4, 0.5) is 10.1 Å². The van der Waals surface area contributed by atoms with E-state index in [9.17, 15) is 22.4 Å². The number of hydrogen-bond acceptors (Lipinski definition) is 5. The molecule has 8 nitrogen and oxygen atoms in total. The summed E-state index contributed by atoms with van der Waals surface area (Å²) < 4.78 is 47.5. The number of rotatable bonds is 13. The van der Waals surface area contributed by atoms with Gasteiger partial charge in [-0.05, 0) is 73.9 Å². The zero-order valence-corrected chi connectivity index (χ0v) is 24.1. The Morgan fingerprint density at radius 2 is 1.68 bits per heavy atom. The number of nitrogens with zero attached hydrogens (tertiary/aromatic N) is 2. The lowest BCUT2D eigenvalue weighted by Gasteiger charge is -2.33. The first kappa shape index (κ1) is 30.6. The highest BCUT2D eigenvalue weighted by atomic mass is 32.2. The number of aryl methyl sites for hydroxylation is 1. The molecule has 1 N–H and O–H groups in total. The second kappa shape index (κ2) is 13.9. The van der Waals surface area contributed by atoms with Crippen LogP contribution in [0.2, 0.25) is 0 Å². The summed E-state index contributed by atoms with van der Waals surface area (Å²) >= 11 is 0. The summed E-state index contributed by atoms with van der Waals surface area (Å²) in [4.78, 5) is 28.4. The largest absolute Gasteiger partial charge is 0.497 e. The molecular formula is C30H36FN3O5S. The van der Waals surface area contributed by atoms with Crippen molar-refractivity contribution >= 4 is 27.5 Å². The van der Waals surface area contributed by atoms with Gasteiger partial charge in [0.1, 0.15) is 24.2 Å². The number of carbonyl (C=O) groups excluding carboxylic acids is 2. The van der Waals surface area contributed by atoms with Crippen molar-refractivity contribution < 1.29 is 27.1 Å². The molecule has 0 saturated carbocycles. The first-order valence-corrected chi connectivity index (χ1v) is 14.6. The predicted octanol–water partition coefficient (Wildman–Crippen LogP) is 4.67. The minimum atomic E-state index is -4.26. The van der Waals surface area contributed by atoms with Crippen molar-refractivity contribution in [1.29, 1.82) is 0 Å². The van der Waals surface area contributed by atoms with Crippen molar-refractivity contribution in [1.82, 2.24) is 10.2 Å². The molecule has 0 radical (unpaired) electrons. The van der Waals surface area contributed by atoms with Gasteiger partial charge in [0.15, 0.2) is 0 Å². The lowest BCUT2D eigenvalue weighted by molar-refractivity contribution is -0.140. The van der Waals surface area contributed by atoms with Crippen molar-refractivity contribution in [3.05, 3.63) is 89.7 Å². The van der Waals surface area contributed by atoms with Crippen LogP contribution >= 0.6 is 0 Å². The molecule has 2 amide bonds. The van der Waals surface area contributed by atoms with E-state index < -0.39 is 34.3 Å². The Hall–Kier alpha value is -3.92. The molecule has 0 unspecified atom stereocenters. The maximum atomic E-state index is 14.0. The molecule has 3 rings (SSSR count). The summed E-state index contributed by atoms with van der Waals surface area (Å²) in [7, 11) is -2.73. The van der Waals surface area contributed by atoms with Crippen LogP contribution in [0.25, 0.3) is 0 Å². The summed E-state index contributed by atoms with van der Waals surface area (Å²) in [5, 5.41) is 2.85. The van der Waals surface area contributed by atoms with E-state index in [4.69, 9.17) is 4.74 Å². The number of amides is 2. The summed E-state index contributed by atoms with van der Waals surface area (Å²) in [5.74, 6) is -0.865. The topological polar surface area (TPSA) is 96.0 Å². The summed E-state index contributed by atoms with van der Waals surface area (Å²) in [5.41, 5.74) is 1.90. The maximum absolute atomic E-state index is 14.0. The van der Waals surface area contributed by atoms with Crippen LogP contribution in [-0.2, 0) is 26.2 Å². The SMILES string of the molecule is CCCNC(=O)[C@@H](CC)N(Cc1cccc(OC)c1)C(=O)CN(c1ccc(C)cc1)S(=O)(=O)c1ccc(F)cc1. The molecule has 214 valence electrons. The minimum Gasteiger partial charge on any atom is -0.497 e. The summed E-state index contributed by atoms with van der Waals surface area (Å²) in [6, 6.07) is 17.5. The zero-order valence-electron chi connectivity index (χ0n) is 23.3.